The molecule has 0 amide bonds. The average molecular weight is 253 g/mol. The highest BCUT2D eigenvalue weighted by Gasteiger charge is 2.04. The Morgan fingerprint density at radius 3 is 1.95 bits per heavy atom. The third-order valence-electron chi connectivity index (χ3n) is 3.74. The lowest BCUT2D eigenvalue weighted by molar-refractivity contribution is 0.818. The van der Waals surface area contributed by atoms with E-state index in [-0.39, 0.29) is 6.04 Å². The molecule has 1 atom stereocenters. The SMILES string of the molecule is CCc1ccc(-c2ccc(C(C)N)cc2)cc1CC. The van der Waals surface area contributed by atoms with Gasteiger partial charge < -0.3 is 5.73 Å². The van der Waals surface area contributed by atoms with E-state index in [9.17, 15) is 0 Å². The van der Waals surface area contributed by atoms with Gasteiger partial charge in [0.1, 0.15) is 0 Å². The van der Waals surface area contributed by atoms with E-state index in [4.69, 9.17) is 5.73 Å². The molecule has 1 nitrogen and oxygen atoms in total. The van der Waals surface area contributed by atoms with E-state index < -0.39 is 0 Å². The Balaban J connectivity index is 2.36. The Labute approximate surface area is 116 Å². The maximum absolute atomic E-state index is 5.89. The molecule has 0 heterocycles. The minimum absolute atomic E-state index is 0.0997. The first-order valence-corrected chi connectivity index (χ1v) is 7.13. The van der Waals surface area contributed by atoms with E-state index in [1.165, 1.54) is 27.8 Å². The van der Waals surface area contributed by atoms with E-state index in [0.29, 0.717) is 0 Å². The topological polar surface area (TPSA) is 26.0 Å². The van der Waals surface area contributed by atoms with Gasteiger partial charge in [-0.3, -0.25) is 0 Å². The van der Waals surface area contributed by atoms with Crippen LogP contribution < -0.4 is 5.73 Å². The quantitative estimate of drug-likeness (QED) is 0.853. The Bertz CT molecular complexity index is 538. The summed E-state index contributed by atoms with van der Waals surface area (Å²) in [4.78, 5) is 0. The van der Waals surface area contributed by atoms with Gasteiger partial charge in [0.25, 0.3) is 0 Å². The molecule has 0 fully saturated rings. The Kier molecular flexibility index (Phi) is 4.39. The van der Waals surface area contributed by atoms with Crippen molar-refractivity contribution in [1.29, 1.82) is 0 Å². The molecule has 0 saturated carbocycles. The molecule has 100 valence electrons. The van der Waals surface area contributed by atoms with Crippen molar-refractivity contribution in [2.75, 3.05) is 0 Å². The predicted octanol–water partition coefficient (Wildman–Crippen LogP) is 4.50. The third-order valence-corrected chi connectivity index (χ3v) is 3.74. The highest BCUT2D eigenvalue weighted by atomic mass is 14.6. The molecule has 1 heteroatoms. The molecule has 2 rings (SSSR count). The Morgan fingerprint density at radius 1 is 0.842 bits per heavy atom. The van der Waals surface area contributed by atoms with Crippen LogP contribution >= 0.6 is 0 Å². The van der Waals surface area contributed by atoms with Crippen LogP contribution in [0.5, 0.6) is 0 Å². The second-order valence-electron chi connectivity index (χ2n) is 5.10. The highest BCUT2D eigenvalue weighted by molar-refractivity contribution is 5.65. The lowest BCUT2D eigenvalue weighted by Gasteiger charge is -2.11. The van der Waals surface area contributed by atoms with Gasteiger partial charge in [0.2, 0.25) is 0 Å². The van der Waals surface area contributed by atoms with Crippen LogP contribution in [0.1, 0.15) is 43.5 Å². The third kappa shape index (κ3) is 3.05. The molecule has 0 spiro atoms. The molecule has 0 bridgehead atoms. The number of aryl methyl sites for hydroxylation is 2. The highest BCUT2D eigenvalue weighted by Crippen LogP contribution is 2.24. The fourth-order valence-electron chi connectivity index (χ4n) is 2.46. The summed E-state index contributed by atoms with van der Waals surface area (Å²) in [5.41, 5.74) is 12.5. The van der Waals surface area contributed by atoms with Crippen LogP contribution in [0.15, 0.2) is 42.5 Å². The van der Waals surface area contributed by atoms with Gasteiger partial charge in [-0.05, 0) is 47.6 Å². The lowest BCUT2D eigenvalue weighted by atomic mass is 9.95. The zero-order chi connectivity index (χ0) is 13.8. The van der Waals surface area contributed by atoms with Crippen molar-refractivity contribution in [1.82, 2.24) is 0 Å². The fraction of sp³-hybridized carbons (Fsp3) is 0.333. The molecular weight excluding hydrogens is 230 g/mol. The van der Waals surface area contributed by atoms with Gasteiger partial charge in [-0.15, -0.1) is 0 Å². The van der Waals surface area contributed by atoms with Crippen molar-refractivity contribution in [3.8, 4) is 11.1 Å². The standard InChI is InChI=1S/C18H23N/c1-4-14-6-11-18(12-15(14)5-2)17-9-7-16(8-10-17)13(3)19/h6-13H,4-5,19H2,1-3H3. The average Bonchev–Trinajstić information content (AvgIpc) is 2.46. The van der Waals surface area contributed by atoms with E-state index >= 15 is 0 Å². The van der Waals surface area contributed by atoms with Crippen molar-refractivity contribution in [2.24, 2.45) is 5.73 Å². The van der Waals surface area contributed by atoms with Crippen molar-refractivity contribution < 1.29 is 0 Å². The van der Waals surface area contributed by atoms with Gasteiger partial charge in [-0.1, -0.05) is 56.3 Å². The molecule has 1 unspecified atom stereocenters. The summed E-state index contributed by atoms with van der Waals surface area (Å²) in [6.07, 6.45) is 2.20. The first kappa shape index (κ1) is 13.8. The minimum Gasteiger partial charge on any atom is -0.324 e. The van der Waals surface area contributed by atoms with Crippen molar-refractivity contribution in [2.45, 2.75) is 39.7 Å². The lowest BCUT2D eigenvalue weighted by Crippen LogP contribution is -2.04. The minimum atomic E-state index is 0.0997. The maximum Gasteiger partial charge on any atom is 0.0266 e. The van der Waals surface area contributed by atoms with Gasteiger partial charge in [-0.2, -0.15) is 0 Å². The van der Waals surface area contributed by atoms with Gasteiger partial charge >= 0.3 is 0 Å². The van der Waals surface area contributed by atoms with Crippen LogP contribution in [0, 0.1) is 0 Å². The summed E-state index contributed by atoms with van der Waals surface area (Å²) in [7, 11) is 0. The Morgan fingerprint density at radius 2 is 1.42 bits per heavy atom. The Hall–Kier alpha value is -1.60. The zero-order valence-electron chi connectivity index (χ0n) is 12.1. The molecule has 19 heavy (non-hydrogen) atoms. The first-order chi connectivity index (χ1) is 9.15. The summed E-state index contributed by atoms with van der Waals surface area (Å²) >= 11 is 0. The summed E-state index contributed by atoms with van der Waals surface area (Å²) in [6.45, 7) is 6.45. The van der Waals surface area contributed by atoms with Crippen LogP contribution in [0.2, 0.25) is 0 Å². The smallest absolute Gasteiger partial charge is 0.0266 e. The monoisotopic (exact) mass is 253 g/mol. The molecule has 0 saturated heterocycles. The first-order valence-electron chi connectivity index (χ1n) is 7.13. The van der Waals surface area contributed by atoms with Crippen LogP contribution in [-0.2, 0) is 12.8 Å². The molecule has 0 radical (unpaired) electrons. The molecule has 2 aromatic rings. The van der Waals surface area contributed by atoms with Crippen molar-refractivity contribution in [3.05, 3.63) is 59.2 Å². The second kappa shape index (κ2) is 6.03. The summed E-state index contributed by atoms with van der Waals surface area (Å²) < 4.78 is 0. The van der Waals surface area contributed by atoms with E-state index in [1.54, 1.807) is 0 Å². The molecule has 0 aromatic heterocycles. The number of nitrogens with two attached hydrogens (primary N) is 1. The van der Waals surface area contributed by atoms with Gasteiger partial charge in [0, 0.05) is 6.04 Å². The maximum atomic E-state index is 5.89. The normalized spacial score (nSPS) is 12.4. The molecular formula is C18H23N. The zero-order valence-corrected chi connectivity index (χ0v) is 12.1. The van der Waals surface area contributed by atoms with Crippen LogP contribution in [0.25, 0.3) is 11.1 Å². The van der Waals surface area contributed by atoms with Gasteiger partial charge in [0.15, 0.2) is 0 Å². The number of rotatable bonds is 4. The predicted molar refractivity (Wildman–Crippen MR) is 83.2 cm³/mol. The molecule has 0 aliphatic heterocycles. The number of benzene rings is 2. The summed E-state index contributed by atoms with van der Waals surface area (Å²) in [5.74, 6) is 0. The number of hydrogen-bond donors (Lipinski definition) is 1. The van der Waals surface area contributed by atoms with Crippen molar-refractivity contribution >= 4 is 0 Å². The van der Waals surface area contributed by atoms with Crippen LogP contribution in [-0.4, -0.2) is 0 Å². The summed E-state index contributed by atoms with van der Waals surface area (Å²) in [6, 6.07) is 15.5. The van der Waals surface area contributed by atoms with Gasteiger partial charge in [-0.25, -0.2) is 0 Å². The molecule has 0 aliphatic rings. The molecule has 0 aliphatic carbocycles. The largest absolute Gasteiger partial charge is 0.324 e. The van der Waals surface area contributed by atoms with Crippen LogP contribution in [0.3, 0.4) is 0 Å². The van der Waals surface area contributed by atoms with Crippen molar-refractivity contribution in [3.63, 3.8) is 0 Å². The number of hydrogen-bond acceptors (Lipinski definition) is 1. The molecule has 2 N–H and O–H groups in total. The van der Waals surface area contributed by atoms with Crippen LogP contribution in [0.4, 0.5) is 0 Å². The fourth-order valence-corrected chi connectivity index (χ4v) is 2.46. The second-order valence-corrected chi connectivity index (χ2v) is 5.10. The molecule has 2 aromatic carbocycles. The van der Waals surface area contributed by atoms with E-state index in [0.717, 1.165) is 12.8 Å². The van der Waals surface area contributed by atoms with E-state index in [2.05, 4.69) is 56.3 Å². The summed E-state index contributed by atoms with van der Waals surface area (Å²) in [5, 5.41) is 0. The van der Waals surface area contributed by atoms with Gasteiger partial charge in [0.05, 0.1) is 0 Å². The van der Waals surface area contributed by atoms with E-state index in [1.807, 2.05) is 6.92 Å².